The number of hydrogen-bond acceptors (Lipinski definition) is 1. The van der Waals surface area contributed by atoms with Gasteiger partial charge in [-0.25, -0.2) is 0 Å². The lowest BCUT2D eigenvalue weighted by atomic mass is 9.94. The Balaban J connectivity index is 1.03. The topological polar surface area (TPSA) is 8.17 Å². The molecule has 2 nitrogen and oxygen atoms in total. The van der Waals surface area contributed by atoms with Gasteiger partial charge >= 0.3 is 0 Å². The minimum absolute atomic E-state index is 1.07. The molecule has 0 radical (unpaired) electrons. The molecule has 0 saturated heterocycles. The molecule has 0 aliphatic carbocycles. The first-order valence-corrected chi connectivity index (χ1v) is 22.0. The van der Waals surface area contributed by atoms with Crippen molar-refractivity contribution in [3.05, 3.63) is 255 Å². The average Bonchev–Trinajstić information content (AvgIpc) is 3.72. The molecule has 11 aromatic carbocycles. The van der Waals surface area contributed by atoms with Crippen molar-refractivity contribution < 1.29 is 0 Å². The number of aromatic nitrogens is 1. The molecule has 12 aromatic rings. The number of nitrogens with zero attached hydrogens (tertiary/aromatic N) is 2. The molecule has 0 unspecified atom stereocenters. The maximum Gasteiger partial charge on any atom is 0.0619 e. The molecule has 64 heavy (non-hydrogen) atoms. The van der Waals surface area contributed by atoms with E-state index in [1.165, 1.54) is 71.2 Å². The van der Waals surface area contributed by atoms with E-state index in [9.17, 15) is 0 Å². The van der Waals surface area contributed by atoms with Crippen LogP contribution in [-0.4, -0.2) is 4.57 Å². The Morgan fingerprint density at radius 3 is 1.69 bits per heavy atom. The van der Waals surface area contributed by atoms with Crippen LogP contribution in [0.1, 0.15) is 0 Å². The molecule has 0 amide bonds. The summed E-state index contributed by atoms with van der Waals surface area (Å²) >= 11 is 0. The van der Waals surface area contributed by atoms with Crippen molar-refractivity contribution in [3.8, 4) is 50.2 Å². The second-order valence-corrected chi connectivity index (χ2v) is 16.5. The summed E-state index contributed by atoms with van der Waals surface area (Å²) in [5.74, 6) is 0. The van der Waals surface area contributed by atoms with Gasteiger partial charge in [-0.2, -0.15) is 0 Å². The van der Waals surface area contributed by atoms with Gasteiger partial charge in [0.05, 0.1) is 22.4 Å². The van der Waals surface area contributed by atoms with Crippen molar-refractivity contribution in [2.45, 2.75) is 0 Å². The SMILES string of the molecule is c1ccc(-c2cccc(N(c3ccc(-c4ccccc4-n4c5ccccc5c5ccc6ccccc6c54)cc3)c3ccc(-c4ccc5ccccc5c4)cc3-c3ccccc3)c2)cc1. The highest BCUT2D eigenvalue weighted by molar-refractivity contribution is 6.19. The van der Waals surface area contributed by atoms with Crippen LogP contribution in [0.3, 0.4) is 0 Å². The quantitative estimate of drug-likeness (QED) is 0.148. The highest BCUT2D eigenvalue weighted by atomic mass is 15.1. The monoisotopic (exact) mass is 814 g/mol. The lowest BCUT2D eigenvalue weighted by Gasteiger charge is -2.29. The van der Waals surface area contributed by atoms with Crippen molar-refractivity contribution in [2.24, 2.45) is 0 Å². The number of anilines is 3. The van der Waals surface area contributed by atoms with Gasteiger partial charge in [-0.3, -0.25) is 0 Å². The van der Waals surface area contributed by atoms with Gasteiger partial charge in [0.15, 0.2) is 0 Å². The summed E-state index contributed by atoms with van der Waals surface area (Å²) < 4.78 is 2.47. The maximum absolute atomic E-state index is 2.47. The van der Waals surface area contributed by atoms with E-state index in [0.29, 0.717) is 0 Å². The van der Waals surface area contributed by atoms with Crippen LogP contribution in [0.2, 0.25) is 0 Å². The van der Waals surface area contributed by atoms with E-state index in [1.807, 2.05) is 0 Å². The molecule has 0 N–H and O–H groups in total. The Hall–Kier alpha value is -8.46. The molecule has 0 saturated carbocycles. The van der Waals surface area contributed by atoms with Gasteiger partial charge < -0.3 is 9.47 Å². The molecule has 12 rings (SSSR count). The number of fused-ring (bicyclic) bond motifs is 6. The number of benzene rings is 11. The van der Waals surface area contributed by atoms with Crippen LogP contribution in [0.5, 0.6) is 0 Å². The molecule has 0 aliphatic heterocycles. The van der Waals surface area contributed by atoms with Crippen molar-refractivity contribution in [1.29, 1.82) is 0 Å². The highest BCUT2D eigenvalue weighted by Gasteiger charge is 2.21. The minimum atomic E-state index is 1.07. The molecule has 0 aliphatic rings. The smallest absolute Gasteiger partial charge is 0.0619 e. The fourth-order valence-electron chi connectivity index (χ4n) is 9.69. The Labute approximate surface area is 373 Å². The predicted octanol–water partition coefficient (Wildman–Crippen LogP) is 17.2. The Morgan fingerprint density at radius 2 is 0.859 bits per heavy atom. The van der Waals surface area contributed by atoms with Gasteiger partial charge in [-0.05, 0) is 104 Å². The zero-order valence-corrected chi connectivity index (χ0v) is 35.1. The fourth-order valence-corrected chi connectivity index (χ4v) is 9.69. The van der Waals surface area contributed by atoms with Crippen LogP contribution in [0.25, 0.3) is 93.5 Å². The van der Waals surface area contributed by atoms with Crippen molar-refractivity contribution >= 4 is 60.4 Å². The van der Waals surface area contributed by atoms with Crippen LogP contribution in [0.15, 0.2) is 255 Å². The molecule has 0 bridgehead atoms. The van der Waals surface area contributed by atoms with E-state index >= 15 is 0 Å². The van der Waals surface area contributed by atoms with Crippen LogP contribution < -0.4 is 4.90 Å². The number of para-hydroxylation sites is 2. The summed E-state index contributed by atoms with van der Waals surface area (Å²) in [6.07, 6.45) is 0. The van der Waals surface area contributed by atoms with Crippen molar-refractivity contribution in [1.82, 2.24) is 4.57 Å². The zero-order valence-electron chi connectivity index (χ0n) is 35.1. The first-order valence-electron chi connectivity index (χ1n) is 22.0. The molecule has 0 fully saturated rings. The predicted molar refractivity (Wildman–Crippen MR) is 272 cm³/mol. The molecule has 0 spiro atoms. The Morgan fingerprint density at radius 1 is 0.281 bits per heavy atom. The maximum atomic E-state index is 2.47. The average molecular weight is 815 g/mol. The number of hydrogen-bond donors (Lipinski definition) is 0. The summed E-state index contributed by atoms with van der Waals surface area (Å²) in [6, 6.07) is 92.8. The minimum Gasteiger partial charge on any atom is -0.310 e. The molecular formula is C62H42N2. The molecule has 0 atom stereocenters. The lowest BCUT2D eigenvalue weighted by Crippen LogP contribution is -2.11. The highest BCUT2D eigenvalue weighted by Crippen LogP contribution is 2.45. The Bertz CT molecular complexity index is 3660. The largest absolute Gasteiger partial charge is 0.310 e. The molecule has 1 aromatic heterocycles. The van der Waals surface area contributed by atoms with Gasteiger partial charge in [-0.15, -0.1) is 0 Å². The van der Waals surface area contributed by atoms with E-state index in [-0.39, 0.29) is 0 Å². The van der Waals surface area contributed by atoms with Crippen LogP contribution in [0, 0.1) is 0 Å². The standard InChI is InChI=1S/C62H42N2/c1-3-16-43(17-4-1)49-23-15-24-53(41-49)63(61-39-35-51(42-58(61)45-19-5-2-6-20-45)50-31-30-44-18-7-8-22-48(44)40-50)52-36-32-47(33-37-52)54-25-11-13-28-59(54)64-60-29-14-12-27-56(60)57-38-34-46-21-9-10-26-55(46)62(57)64/h1-42H. The van der Waals surface area contributed by atoms with E-state index in [4.69, 9.17) is 0 Å². The summed E-state index contributed by atoms with van der Waals surface area (Å²) in [7, 11) is 0. The number of rotatable bonds is 8. The van der Waals surface area contributed by atoms with E-state index < -0.39 is 0 Å². The first-order chi connectivity index (χ1) is 31.7. The van der Waals surface area contributed by atoms with Gasteiger partial charge in [0.1, 0.15) is 0 Å². The van der Waals surface area contributed by atoms with Gasteiger partial charge in [0.25, 0.3) is 0 Å². The summed E-state index contributed by atoms with van der Waals surface area (Å²) in [6.45, 7) is 0. The van der Waals surface area contributed by atoms with Crippen LogP contribution in [0.4, 0.5) is 17.1 Å². The summed E-state index contributed by atoms with van der Waals surface area (Å²) in [4.78, 5) is 2.42. The van der Waals surface area contributed by atoms with E-state index in [0.717, 1.165) is 39.4 Å². The Kier molecular flexibility index (Phi) is 9.20. The lowest BCUT2D eigenvalue weighted by molar-refractivity contribution is 1.19. The van der Waals surface area contributed by atoms with Crippen molar-refractivity contribution in [3.63, 3.8) is 0 Å². The third kappa shape index (κ3) is 6.52. The molecular weight excluding hydrogens is 773 g/mol. The molecule has 2 heteroatoms. The second-order valence-electron chi connectivity index (χ2n) is 16.5. The third-order valence-corrected chi connectivity index (χ3v) is 12.8. The van der Waals surface area contributed by atoms with Crippen LogP contribution >= 0.6 is 0 Å². The third-order valence-electron chi connectivity index (χ3n) is 12.8. The van der Waals surface area contributed by atoms with Gasteiger partial charge in [0.2, 0.25) is 0 Å². The summed E-state index contributed by atoms with van der Waals surface area (Å²) in [5, 5.41) is 7.47. The second kappa shape index (κ2) is 15.8. The van der Waals surface area contributed by atoms with E-state index in [2.05, 4.69) is 264 Å². The van der Waals surface area contributed by atoms with Crippen molar-refractivity contribution in [2.75, 3.05) is 4.90 Å². The molecule has 1 heterocycles. The molecule has 300 valence electrons. The van der Waals surface area contributed by atoms with Gasteiger partial charge in [-0.1, -0.05) is 200 Å². The normalized spacial score (nSPS) is 11.4. The fraction of sp³-hybridized carbons (Fsp3) is 0. The van der Waals surface area contributed by atoms with Gasteiger partial charge in [0, 0.05) is 38.7 Å². The van der Waals surface area contributed by atoms with E-state index in [1.54, 1.807) is 0 Å². The first kappa shape index (κ1) is 37.3. The van der Waals surface area contributed by atoms with Crippen LogP contribution in [-0.2, 0) is 0 Å². The zero-order chi connectivity index (χ0) is 42.4. The summed E-state index contributed by atoms with van der Waals surface area (Å²) in [5.41, 5.74) is 16.2.